The van der Waals surface area contributed by atoms with E-state index in [1.54, 1.807) is 18.2 Å². The largest absolute Gasteiger partial charge is 0.492 e. The van der Waals surface area contributed by atoms with Crippen molar-refractivity contribution in [3.8, 4) is 5.75 Å². The number of hydrogen-bond donors (Lipinski definition) is 2. The Morgan fingerprint density at radius 3 is 2.88 bits per heavy atom. The number of nitrogens with two attached hydrogens (primary N) is 1. The molecular weight excluding hydrogens is 216 g/mol. The van der Waals surface area contributed by atoms with Gasteiger partial charge in [0.05, 0.1) is 18.8 Å². The monoisotopic (exact) mass is 234 g/mol. The van der Waals surface area contributed by atoms with E-state index in [0.717, 1.165) is 0 Å². The molecule has 0 saturated heterocycles. The van der Waals surface area contributed by atoms with Crippen molar-refractivity contribution in [2.75, 3.05) is 18.9 Å². The first-order chi connectivity index (χ1) is 8.20. The molecule has 0 radical (unpaired) electrons. The summed E-state index contributed by atoms with van der Waals surface area (Å²) < 4.78 is 5.33. The molecule has 0 amide bonds. The summed E-state index contributed by atoms with van der Waals surface area (Å²) in [6, 6.07) is 5.74. The lowest BCUT2D eigenvalue weighted by Gasteiger charge is -2.08. The summed E-state index contributed by atoms with van der Waals surface area (Å²) in [7, 11) is 0. The van der Waals surface area contributed by atoms with Gasteiger partial charge >= 0.3 is 0 Å². The first-order valence-corrected chi connectivity index (χ1v) is 5.99. The number of carbonyl (C=O) groups is 1. The van der Waals surface area contributed by atoms with Crippen LogP contribution in [0.5, 0.6) is 5.75 Å². The zero-order valence-corrected chi connectivity index (χ0v) is 10.0. The molecule has 1 fully saturated rings. The van der Waals surface area contributed by atoms with Gasteiger partial charge in [-0.2, -0.15) is 0 Å². The number of ketones is 1. The Bertz CT molecular complexity index is 414. The summed E-state index contributed by atoms with van der Waals surface area (Å²) in [4.78, 5) is 11.8. The summed E-state index contributed by atoms with van der Waals surface area (Å²) in [5.74, 6) is 0.714. The van der Waals surface area contributed by atoms with Crippen molar-refractivity contribution in [2.24, 2.45) is 0 Å². The van der Waals surface area contributed by atoms with Crippen molar-refractivity contribution < 1.29 is 9.53 Å². The van der Waals surface area contributed by atoms with Gasteiger partial charge in [0.25, 0.3) is 0 Å². The highest BCUT2D eigenvalue weighted by Gasteiger charge is 2.21. The van der Waals surface area contributed by atoms with E-state index < -0.39 is 0 Å². The van der Waals surface area contributed by atoms with E-state index in [4.69, 9.17) is 10.5 Å². The molecule has 0 aromatic heterocycles. The zero-order valence-electron chi connectivity index (χ0n) is 10.0. The van der Waals surface area contributed by atoms with Crippen molar-refractivity contribution in [1.82, 2.24) is 5.32 Å². The predicted octanol–water partition coefficient (Wildman–Crippen LogP) is 1.60. The fourth-order valence-electron chi connectivity index (χ4n) is 1.64. The minimum atomic E-state index is 0.0756. The number of benzene rings is 1. The van der Waals surface area contributed by atoms with Crippen LogP contribution in [0.15, 0.2) is 18.2 Å². The second-order valence-corrected chi connectivity index (χ2v) is 4.26. The van der Waals surface area contributed by atoms with E-state index in [-0.39, 0.29) is 5.78 Å². The lowest BCUT2D eigenvalue weighted by molar-refractivity contribution is 0.0990. The normalized spacial score (nSPS) is 14.6. The summed E-state index contributed by atoms with van der Waals surface area (Å²) in [6.45, 7) is 2.86. The number of ether oxygens (including phenoxy) is 1. The van der Waals surface area contributed by atoms with Gasteiger partial charge in [0.1, 0.15) is 5.75 Å². The molecule has 1 aliphatic rings. The third-order valence-corrected chi connectivity index (χ3v) is 2.76. The van der Waals surface area contributed by atoms with Gasteiger partial charge in [-0.15, -0.1) is 0 Å². The third-order valence-electron chi connectivity index (χ3n) is 2.76. The summed E-state index contributed by atoms with van der Waals surface area (Å²) in [5.41, 5.74) is 6.97. The van der Waals surface area contributed by atoms with Gasteiger partial charge in [-0.25, -0.2) is 0 Å². The first-order valence-electron chi connectivity index (χ1n) is 5.99. The van der Waals surface area contributed by atoms with Crippen LogP contribution in [0.4, 0.5) is 5.69 Å². The zero-order chi connectivity index (χ0) is 12.3. The fraction of sp³-hybridized carbons (Fsp3) is 0.462. The second-order valence-electron chi connectivity index (χ2n) is 4.26. The second kappa shape index (κ2) is 5.19. The predicted molar refractivity (Wildman–Crippen MR) is 67.4 cm³/mol. The molecule has 0 bridgehead atoms. The van der Waals surface area contributed by atoms with E-state index in [1.807, 2.05) is 6.92 Å². The van der Waals surface area contributed by atoms with Gasteiger partial charge in [-0.1, -0.05) is 0 Å². The lowest BCUT2D eigenvalue weighted by atomic mass is 10.1. The molecule has 0 heterocycles. The SMILES string of the molecule is CCOc1ccc(C(=O)CNC2CC2)cc1N. The van der Waals surface area contributed by atoms with Gasteiger partial charge in [0.15, 0.2) is 5.78 Å². The number of Topliss-reactive ketones (excluding diaryl/α,β-unsaturated/α-hetero) is 1. The van der Waals surface area contributed by atoms with Gasteiger partial charge in [0, 0.05) is 11.6 Å². The Morgan fingerprint density at radius 2 is 2.29 bits per heavy atom. The average molecular weight is 234 g/mol. The summed E-state index contributed by atoms with van der Waals surface area (Å²) in [5, 5.41) is 3.19. The quantitative estimate of drug-likeness (QED) is 0.579. The summed E-state index contributed by atoms with van der Waals surface area (Å²) in [6.07, 6.45) is 2.36. The van der Waals surface area contributed by atoms with Crippen LogP contribution in [0, 0.1) is 0 Å². The van der Waals surface area contributed by atoms with Crippen LogP contribution >= 0.6 is 0 Å². The lowest BCUT2D eigenvalue weighted by Crippen LogP contribution is -2.24. The molecule has 0 unspecified atom stereocenters. The van der Waals surface area contributed by atoms with Crippen LogP contribution in [-0.2, 0) is 0 Å². The number of anilines is 1. The van der Waals surface area contributed by atoms with Crippen LogP contribution in [0.2, 0.25) is 0 Å². The van der Waals surface area contributed by atoms with Gasteiger partial charge in [-0.05, 0) is 38.0 Å². The van der Waals surface area contributed by atoms with Crippen LogP contribution in [-0.4, -0.2) is 25.0 Å². The first kappa shape index (κ1) is 11.9. The summed E-state index contributed by atoms with van der Waals surface area (Å²) >= 11 is 0. The smallest absolute Gasteiger partial charge is 0.176 e. The molecule has 1 aromatic carbocycles. The highest BCUT2D eigenvalue weighted by atomic mass is 16.5. The van der Waals surface area contributed by atoms with E-state index >= 15 is 0 Å². The molecule has 4 heteroatoms. The number of carbonyl (C=O) groups excluding carboxylic acids is 1. The van der Waals surface area contributed by atoms with Gasteiger partial charge in [0.2, 0.25) is 0 Å². The molecule has 1 saturated carbocycles. The standard InChI is InChI=1S/C13H18N2O2/c1-2-17-13-6-3-9(7-11(13)14)12(16)8-15-10-4-5-10/h3,6-7,10,15H,2,4-5,8,14H2,1H3. The molecule has 0 aliphatic heterocycles. The van der Waals surface area contributed by atoms with Crippen LogP contribution in [0.3, 0.4) is 0 Å². The average Bonchev–Trinajstić information content (AvgIpc) is 3.13. The Balaban J connectivity index is 1.99. The minimum absolute atomic E-state index is 0.0756. The molecule has 0 atom stereocenters. The van der Waals surface area contributed by atoms with E-state index in [0.29, 0.717) is 36.2 Å². The van der Waals surface area contributed by atoms with Crippen molar-refractivity contribution in [2.45, 2.75) is 25.8 Å². The number of nitrogen functional groups attached to an aromatic ring is 1. The molecule has 1 aromatic rings. The molecule has 4 nitrogen and oxygen atoms in total. The van der Waals surface area contributed by atoms with E-state index in [1.165, 1.54) is 12.8 Å². The van der Waals surface area contributed by atoms with E-state index in [9.17, 15) is 4.79 Å². The van der Waals surface area contributed by atoms with Crippen molar-refractivity contribution >= 4 is 11.5 Å². The molecule has 1 aliphatic carbocycles. The van der Waals surface area contributed by atoms with Crippen molar-refractivity contribution in [1.29, 1.82) is 0 Å². The maximum Gasteiger partial charge on any atom is 0.176 e. The Morgan fingerprint density at radius 1 is 1.53 bits per heavy atom. The highest BCUT2D eigenvalue weighted by molar-refractivity contribution is 5.98. The molecule has 17 heavy (non-hydrogen) atoms. The maximum atomic E-state index is 11.8. The molecule has 2 rings (SSSR count). The number of nitrogens with one attached hydrogen (secondary N) is 1. The minimum Gasteiger partial charge on any atom is -0.492 e. The molecular formula is C13H18N2O2. The highest BCUT2D eigenvalue weighted by Crippen LogP contribution is 2.23. The van der Waals surface area contributed by atoms with Crippen LogP contribution in [0.25, 0.3) is 0 Å². The van der Waals surface area contributed by atoms with Gasteiger partial charge < -0.3 is 15.8 Å². The number of rotatable bonds is 6. The maximum absolute atomic E-state index is 11.8. The third kappa shape index (κ3) is 3.20. The van der Waals surface area contributed by atoms with Gasteiger partial charge in [-0.3, -0.25) is 4.79 Å². The number of hydrogen-bond acceptors (Lipinski definition) is 4. The van der Waals surface area contributed by atoms with Crippen molar-refractivity contribution in [3.63, 3.8) is 0 Å². The van der Waals surface area contributed by atoms with Crippen molar-refractivity contribution in [3.05, 3.63) is 23.8 Å². The van der Waals surface area contributed by atoms with Crippen LogP contribution < -0.4 is 15.8 Å². The van der Waals surface area contributed by atoms with Crippen LogP contribution in [0.1, 0.15) is 30.1 Å². The van der Waals surface area contributed by atoms with E-state index in [2.05, 4.69) is 5.32 Å². The topological polar surface area (TPSA) is 64.3 Å². The Labute approximate surface area is 101 Å². The molecule has 3 N–H and O–H groups in total. The Hall–Kier alpha value is -1.55. The molecule has 0 spiro atoms. The fourth-order valence-corrected chi connectivity index (χ4v) is 1.64. The molecule has 92 valence electrons. The Kier molecular flexibility index (Phi) is 3.64.